The first kappa shape index (κ1) is 14.8. The van der Waals surface area contributed by atoms with Crippen LogP contribution in [0.5, 0.6) is 0 Å². The maximum atomic E-state index is 11.9. The van der Waals surface area contributed by atoms with Gasteiger partial charge >= 0.3 is 12.1 Å². The van der Waals surface area contributed by atoms with Crippen LogP contribution in [-0.2, 0) is 9.53 Å². The summed E-state index contributed by atoms with van der Waals surface area (Å²) in [6.45, 7) is 10.4. The number of hydrogen-bond acceptors (Lipinski definition) is 3. The second-order valence-corrected chi connectivity index (χ2v) is 6.64. The van der Waals surface area contributed by atoms with Gasteiger partial charge in [0.05, 0.1) is 6.42 Å². The zero-order valence-electron chi connectivity index (χ0n) is 11.8. The highest BCUT2D eigenvalue weighted by Gasteiger charge is 2.43. The molecule has 104 valence electrons. The third-order valence-electron chi connectivity index (χ3n) is 3.22. The van der Waals surface area contributed by atoms with E-state index >= 15 is 0 Å². The predicted molar refractivity (Wildman–Crippen MR) is 67.3 cm³/mol. The Morgan fingerprint density at radius 3 is 2.39 bits per heavy atom. The zero-order chi connectivity index (χ0) is 14.1. The second-order valence-electron chi connectivity index (χ2n) is 6.64. The van der Waals surface area contributed by atoms with Gasteiger partial charge in [-0.15, -0.1) is 0 Å². The predicted octanol–water partition coefficient (Wildman–Crippen LogP) is 2.35. The second kappa shape index (κ2) is 4.78. The van der Waals surface area contributed by atoms with Crippen LogP contribution in [-0.4, -0.2) is 40.8 Å². The molecule has 0 aliphatic carbocycles. The van der Waals surface area contributed by atoms with E-state index in [9.17, 15) is 9.59 Å². The third kappa shape index (κ3) is 3.89. The van der Waals surface area contributed by atoms with Crippen molar-refractivity contribution in [3.63, 3.8) is 0 Å². The standard InChI is InChI=1S/C13H23NO4/c1-12(2,3)18-11(17)14-7-9(6-10(15)16)13(4,5)8-14/h9H,6-8H2,1-5H3,(H,15,16). The molecule has 1 amide bonds. The van der Waals surface area contributed by atoms with Crippen molar-refractivity contribution in [2.75, 3.05) is 13.1 Å². The Morgan fingerprint density at radius 2 is 1.94 bits per heavy atom. The fourth-order valence-electron chi connectivity index (χ4n) is 2.22. The van der Waals surface area contributed by atoms with Crippen molar-refractivity contribution in [1.82, 2.24) is 4.90 Å². The molecule has 1 saturated heterocycles. The highest BCUT2D eigenvalue weighted by Crippen LogP contribution is 2.37. The minimum Gasteiger partial charge on any atom is -0.481 e. The van der Waals surface area contributed by atoms with Crippen LogP contribution in [0.3, 0.4) is 0 Å². The summed E-state index contributed by atoms with van der Waals surface area (Å²) in [5.41, 5.74) is -0.707. The average molecular weight is 257 g/mol. The zero-order valence-corrected chi connectivity index (χ0v) is 11.8. The Hall–Kier alpha value is -1.26. The summed E-state index contributed by atoms with van der Waals surface area (Å²) in [7, 11) is 0. The first-order chi connectivity index (χ1) is 8.01. The molecule has 0 saturated carbocycles. The number of carbonyl (C=O) groups excluding carboxylic acids is 1. The van der Waals surface area contributed by atoms with Crippen molar-refractivity contribution < 1.29 is 19.4 Å². The highest BCUT2D eigenvalue weighted by atomic mass is 16.6. The van der Waals surface area contributed by atoms with Gasteiger partial charge in [-0.05, 0) is 32.1 Å². The average Bonchev–Trinajstić information content (AvgIpc) is 2.38. The van der Waals surface area contributed by atoms with Crippen LogP contribution in [0.2, 0.25) is 0 Å². The number of carboxylic acid groups (broad SMARTS) is 1. The number of carbonyl (C=O) groups is 2. The fraction of sp³-hybridized carbons (Fsp3) is 0.846. The number of amides is 1. The summed E-state index contributed by atoms with van der Waals surface area (Å²) in [6.07, 6.45) is -0.268. The molecule has 1 atom stereocenters. The van der Waals surface area contributed by atoms with E-state index in [0.29, 0.717) is 13.1 Å². The lowest BCUT2D eigenvalue weighted by molar-refractivity contribution is -0.138. The topological polar surface area (TPSA) is 66.8 Å². The van der Waals surface area contributed by atoms with E-state index in [1.807, 2.05) is 34.6 Å². The van der Waals surface area contributed by atoms with Crippen molar-refractivity contribution in [3.05, 3.63) is 0 Å². The molecule has 0 aromatic heterocycles. The van der Waals surface area contributed by atoms with Gasteiger partial charge in [-0.25, -0.2) is 4.79 Å². The van der Waals surface area contributed by atoms with Crippen molar-refractivity contribution in [3.8, 4) is 0 Å². The largest absolute Gasteiger partial charge is 0.481 e. The van der Waals surface area contributed by atoms with E-state index < -0.39 is 11.6 Å². The lowest BCUT2D eigenvalue weighted by Crippen LogP contribution is -2.36. The molecule has 1 heterocycles. The van der Waals surface area contributed by atoms with E-state index in [2.05, 4.69) is 0 Å². The van der Waals surface area contributed by atoms with Crippen molar-refractivity contribution in [2.45, 2.75) is 46.6 Å². The van der Waals surface area contributed by atoms with Gasteiger partial charge < -0.3 is 14.7 Å². The van der Waals surface area contributed by atoms with Gasteiger partial charge in [-0.1, -0.05) is 13.8 Å². The molecule has 0 aromatic carbocycles. The van der Waals surface area contributed by atoms with Gasteiger partial charge in [-0.2, -0.15) is 0 Å². The van der Waals surface area contributed by atoms with E-state index in [0.717, 1.165) is 0 Å². The molecule has 1 aliphatic heterocycles. The van der Waals surface area contributed by atoms with Gasteiger partial charge in [-0.3, -0.25) is 4.79 Å². The van der Waals surface area contributed by atoms with Crippen molar-refractivity contribution in [2.24, 2.45) is 11.3 Å². The lowest BCUT2D eigenvalue weighted by atomic mass is 9.80. The van der Waals surface area contributed by atoms with Crippen molar-refractivity contribution in [1.29, 1.82) is 0 Å². The molecule has 0 aromatic rings. The number of ether oxygens (including phenoxy) is 1. The van der Waals surface area contributed by atoms with Crippen LogP contribution in [0.25, 0.3) is 0 Å². The summed E-state index contributed by atoms with van der Waals surface area (Å²) >= 11 is 0. The number of nitrogens with zero attached hydrogens (tertiary/aromatic N) is 1. The minimum absolute atomic E-state index is 0.0254. The van der Waals surface area contributed by atoms with Gasteiger partial charge in [0.2, 0.25) is 0 Å². The number of likely N-dealkylation sites (tertiary alicyclic amines) is 1. The molecule has 0 radical (unpaired) electrons. The first-order valence-corrected chi connectivity index (χ1v) is 6.21. The molecule has 1 aliphatic rings. The minimum atomic E-state index is -0.820. The number of aliphatic carboxylic acids is 1. The monoisotopic (exact) mass is 257 g/mol. The van der Waals surface area contributed by atoms with Crippen LogP contribution >= 0.6 is 0 Å². The molecular formula is C13H23NO4. The van der Waals surface area contributed by atoms with Crippen LogP contribution < -0.4 is 0 Å². The Kier molecular flexibility index (Phi) is 3.93. The Labute approximate surface area is 108 Å². The Balaban J connectivity index is 2.67. The molecule has 0 bridgehead atoms. The highest BCUT2D eigenvalue weighted by molar-refractivity contribution is 5.70. The number of hydrogen-bond donors (Lipinski definition) is 1. The Bertz CT molecular complexity index is 343. The summed E-state index contributed by atoms with van der Waals surface area (Å²) in [4.78, 5) is 24.4. The lowest BCUT2D eigenvalue weighted by Gasteiger charge is -2.25. The quantitative estimate of drug-likeness (QED) is 0.824. The SMILES string of the molecule is CC(C)(C)OC(=O)N1CC(CC(=O)O)C(C)(C)C1. The summed E-state index contributed by atoms with van der Waals surface area (Å²) in [5, 5.41) is 8.88. The fourth-order valence-corrected chi connectivity index (χ4v) is 2.22. The molecule has 18 heavy (non-hydrogen) atoms. The normalized spacial score (nSPS) is 22.9. The van der Waals surface area contributed by atoms with Crippen LogP contribution in [0.15, 0.2) is 0 Å². The van der Waals surface area contributed by atoms with Gasteiger partial charge in [0.15, 0.2) is 0 Å². The Morgan fingerprint density at radius 1 is 1.39 bits per heavy atom. The van der Waals surface area contributed by atoms with Gasteiger partial charge in [0.1, 0.15) is 5.60 Å². The first-order valence-electron chi connectivity index (χ1n) is 6.21. The van der Waals surface area contributed by atoms with E-state index in [-0.39, 0.29) is 23.8 Å². The molecule has 5 heteroatoms. The molecular weight excluding hydrogens is 234 g/mol. The van der Waals surface area contributed by atoms with Crippen LogP contribution in [0.4, 0.5) is 4.79 Å². The molecule has 0 spiro atoms. The molecule has 1 fully saturated rings. The summed E-state index contributed by atoms with van der Waals surface area (Å²) in [5.74, 6) is -0.846. The molecule has 1 rings (SSSR count). The maximum absolute atomic E-state index is 11.9. The smallest absolute Gasteiger partial charge is 0.410 e. The van der Waals surface area contributed by atoms with Crippen LogP contribution in [0, 0.1) is 11.3 Å². The molecule has 1 N–H and O–H groups in total. The van der Waals surface area contributed by atoms with E-state index in [1.165, 1.54) is 0 Å². The summed E-state index contributed by atoms with van der Waals surface area (Å²) < 4.78 is 5.31. The molecule has 1 unspecified atom stereocenters. The number of carboxylic acids is 1. The third-order valence-corrected chi connectivity index (χ3v) is 3.22. The van der Waals surface area contributed by atoms with Crippen molar-refractivity contribution >= 4 is 12.1 Å². The van der Waals surface area contributed by atoms with E-state index in [1.54, 1.807) is 4.90 Å². The molecule has 5 nitrogen and oxygen atoms in total. The maximum Gasteiger partial charge on any atom is 0.410 e. The van der Waals surface area contributed by atoms with Gasteiger partial charge in [0.25, 0.3) is 0 Å². The summed E-state index contributed by atoms with van der Waals surface area (Å²) in [6, 6.07) is 0. The number of rotatable bonds is 2. The van der Waals surface area contributed by atoms with Crippen LogP contribution in [0.1, 0.15) is 41.0 Å². The van der Waals surface area contributed by atoms with Gasteiger partial charge in [0, 0.05) is 13.1 Å². The van der Waals surface area contributed by atoms with E-state index in [4.69, 9.17) is 9.84 Å².